The Labute approximate surface area is 193 Å². The van der Waals surface area contributed by atoms with Gasteiger partial charge in [-0.3, -0.25) is 9.89 Å². The average molecular weight is 442 g/mol. The van der Waals surface area contributed by atoms with E-state index in [2.05, 4.69) is 38.4 Å². The van der Waals surface area contributed by atoms with Gasteiger partial charge in [0.2, 0.25) is 0 Å². The van der Waals surface area contributed by atoms with Crippen LogP contribution in [-0.4, -0.2) is 54.2 Å². The number of nitrogens with one attached hydrogen (secondary N) is 2. The monoisotopic (exact) mass is 441 g/mol. The van der Waals surface area contributed by atoms with Crippen LogP contribution in [0.25, 0.3) is 10.9 Å². The topological polar surface area (TPSA) is 73.5 Å². The number of anilines is 2. The molecule has 1 amide bonds. The van der Waals surface area contributed by atoms with Crippen LogP contribution >= 0.6 is 0 Å². The molecule has 0 bridgehead atoms. The van der Waals surface area contributed by atoms with Crippen LogP contribution in [0.3, 0.4) is 0 Å². The number of piperazine rings is 1. The fourth-order valence-electron chi connectivity index (χ4n) is 4.12. The van der Waals surface area contributed by atoms with E-state index in [9.17, 15) is 4.79 Å². The van der Waals surface area contributed by atoms with Crippen molar-refractivity contribution < 1.29 is 9.53 Å². The number of H-pyrrole nitrogens is 1. The van der Waals surface area contributed by atoms with Gasteiger partial charge in [-0.2, -0.15) is 5.10 Å². The van der Waals surface area contributed by atoms with Crippen LogP contribution in [0.1, 0.15) is 15.9 Å². The Hall–Kier alpha value is -3.84. The maximum Gasteiger partial charge on any atom is 0.257 e. The fourth-order valence-corrected chi connectivity index (χ4v) is 4.12. The number of fused-ring (bicyclic) bond motifs is 1. The molecule has 0 aliphatic carbocycles. The smallest absolute Gasteiger partial charge is 0.257 e. The maximum absolute atomic E-state index is 13.1. The molecule has 0 spiro atoms. The van der Waals surface area contributed by atoms with Crippen molar-refractivity contribution in [3.63, 3.8) is 0 Å². The van der Waals surface area contributed by atoms with Gasteiger partial charge in [-0.15, -0.1) is 0 Å². The number of aromatic amines is 1. The third-order valence-corrected chi connectivity index (χ3v) is 6.07. The minimum Gasteiger partial charge on any atom is -0.457 e. The van der Waals surface area contributed by atoms with Crippen molar-refractivity contribution in [2.24, 2.45) is 0 Å². The molecule has 4 aromatic rings. The molecule has 0 saturated carbocycles. The molecule has 2 heterocycles. The predicted octanol–water partition coefficient (Wildman–Crippen LogP) is 4.67. The summed E-state index contributed by atoms with van der Waals surface area (Å²) in [7, 11) is 2.14. The second-order valence-corrected chi connectivity index (χ2v) is 8.44. The summed E-state index contributed by atoms with van der Waals surface area (Å²) in [6.45, 7) is 6.05. The Morgan fingerprint density at radius 2 is 1.76 bits per heavy atom. The lowest BCUT2D eigenvalue weighted by Gasteiger charge is -2.34. The highest BCUT2D eigenvalue weighted by atomic mass is 16.5. The van der Waals surface area contributed by atoms with Crippen LogP contribution in [0, 0.1) is 6.92 Å². The molecule has 0 atom stereocenters. The number of carbonyl (C=O) groups excluding carboxylic acids is 1. The van der Waals surface area contributed by atoms with Gasteiger partial charge in [-0.05, 0) is 68.1 Å². The summed E-state index contributed by atoms with van der Waals surface area (Å²) in [5.41, 5.74) is 3.57. The number of benzene rings is 3. The van der Waals surface area contributed by atoms with Gasteiger partial charge in [0, 0.05) is 42.8 Å². The number of ether oxygens (including phenoxy) is 1. The van der Waals surface area contributed by atoms with E-state index in [1.807, 2.05) is 67.6 Å². The van der Waals surface area contributed by atoms with Crippen LogP contribution in [0.2, 0.25) is 0 Å². The normalized spacial score (nSPS) is 14.4. The van der Waals surface area contributed by atoms with Crippen LogP contribution in [0.4, 0.5) is 11.5 Å². The molecule has 0 radical (unpaired) electrons. The van der Waals surface area contributed by atoms with Crippen LogP contribution in [0.15, 0.2) is 66.7 Å². The van der Waals surface area contributed by atoms with Gasteiger partial charge in [-0.25, -0.2) is 0 Å². The summed E-state index contributed by atoms with van der Waals surface area (Å²) in [6, 6.07) is 21.3. The molecule has 1 aliphatic rings. The highest BCUT2D eigenvalue weighted by Crippen LogP contribution is 2.29. The Morgan fingerprint density at radius 3 is 2.52 bits per heavy atom. The molecule has 1 saturated heterocycles. The van der Waals surface area contributed by atoms with Crippen molar-refractivity contribution >= 4 is 28.3 Å². The van der Waals surface area contributed by atoms with Gasteiger partial charge < -0.3 is 19.9 Å². The molecule has 168 valence electrons. The van der Waals surface area contributed by atoms with Crippen molar-refractivity contribution in [3.05, 3.63) is 77.9 Å². The lowest BCUT2D eigenvalue weighted by Crippen LogP contribution is -2.44. The molecule has 2 N–H and O–H groups in total. The zero-order valence-corrected chi connectivity index (χ0v) is 18.8. The number of hydrogen-bond donors (Lipinski definition) is 2. The molecule has 1 aromatic heterocycles. The average Bonchev–Trinajstić information content (AvgIpc) is 3.22. The molecule has 1 aliphatic heterocycles. The Kier molecular flexibility index (Phi) is 5.71. The van der Waals surface area contributed by atoms with Gasteiger partial charge in [-0.1, -0.05) is 18.2 Å². The number of aromatic nitrogens is 2. The summed E-state index contributed by atoms with van der Waals surface area (Å²) in [5, 5.41) is 11.0. The molecule has 7 nitrogen and oxygen atoms in total. The highest BCUT2D eigenvalue weighted by Gasteiger charge is 2.18. The van der Waals surface area contributed by atoms with Crippen molar-refractivity contribution in [2.45, 2.75) is 6.92 Å². The second-order valence-electron chi connectivity index (χ2n) is 8.44. The van der Waals surface area contributed by atoms with Crippen molar-refractivity contribution in [2.75, 3.05) is 43.4 Å². The zero-order valence-electron chi connectivity index (χ0n) is 18.8. The first-order valence-corrected chi connectivity index (χ1v) is 11.1. The molecule has 5 rings (SSSR count). The fraction of sp³-hybridized carbons (Fsp3) is 0.231. The molecule has 7 heteroatoms. The van der Waals surface area contributed by atoms with Crippen LogP contribution in [-0.2, 0) is 0 Å². The summed E-state index contributed by atoms with van der Waals surface area (Å²) < 4.78 is 5.93. The van der Waals surface area contributed by atoms with Gasteiger partial charge >= 0.3 is 0 Å². The van der Waals surface area contributed by atoms with E-state index < -0.39 is 0 Å². The molecular formula is C26H27N5O2. The van der Waals surface area contributed by atoms with E-state index in [0.717, 1.165) is 54.1 Å². The lowest BCUT2D eigenvalue weighted by molar-refractivity contribution is 0.102. The second kappa shape index (κ2) is 8.96. The highest BCUT2D eigenvalue weighted by molar-refractivity contribution is 6.08. The van der Waals surface area contributed by atoms with E-state index in [1.165, 1.54) is 0 Å². The summed E-state index contributed by atoms with van der Waals surface area (Å²) in [5.74, 6) is 1.73. The quantitative estimate of drug-likeness (QED) is 0.471. The largest absolute Gasteiger partial charge is 0.457 e. The SMILES string of the molecule is Cc1cc(N2CCN(C)CC2)ccc1C(=O)Nc1n[nH]c2ccc(Oc3ccccc3)cc12. The van der Waals surface area contributed by atoms with E-state index >= 15 is 0 Å². The first-order chi connectivity index (χ1) is 16.1. The molecule has 1 fully saturated rings. The summed E-state index contributed by atoms with van der Waals surface area (Å²) >= 11 is 0. The Bertz CT molecular complexity index is 1280. The van der Waals surface area contributed by atoms with E-state index in [1.54, 1.807) is 0 Å². The van der Waals surface area contributed by atoms with Gasteiger partial charge in [0.25, 0.3) is 5.91 Å². The molecular weight excluding hydrogens is 414 g/mol. The summed E-state index contributed by atoms with van der Waals surface area (Å²) in [4.78, 5) is 17.8. The number of para-hydroxylation sites is 1. The third kappa shape index (κ3) is 4.54. The predicted molar refractivity (Wildman–Crippen MR) is 131 cm³/mol. The number of hydrogen-bond acceptors (Lipinski definition) is 5. The number of aryl methyl sites for hydroxylation is 1. The minimum atomic E-state index is -0.180. The van der Waals surface area contributed by atoms with Gasteiger partial charge in [0.1, 0.15) is 11.5 Å². The minimum absolute atomic E-state index is 0.180. The van der Waals surface area contributed by atoms with Crippen molar-refractivity contribution in [1.82, 2.24) is 15.1 Å². The number of rotatable bonds is 5. The van der Waals surface area contributed by atoms with Crippen LogP contribution in [0.5, 0.6) is 11.5 Å². The van der Waals surface area contributed by atoms with Crippen molar-refractivity contribution in [3.8, 4) is 11.5 Å². The Balaban J connectivity index is 1.34. The first-order valence-electron chi connectivity index (χ1n) is 11.1. The maximum atomic E-state index is 13.1. The molecule has 3 aromatic carbocycles. The molecule has 33 heavy (non-hydrogen) atoms. The first kappa shape index (κ1) is 21.0. The van der Waals surface area contributed by atoms with Gasteiger partial charge in [0.15, 0.2) is 5.82 Å². The number of amides is 1. The number of likely N-dealkylation sites (N-methyl/N-ethyl adjacent to an activating group) is 1. The van der Waals surface area contributed by atoms with Crippen molar-refractivity contribution in [1.29, 1.82) is 0 Å². The number of carbonyl (C=O) groups is 1. The number of nitrogens with zero attached hydrogens (tertiary/aromatic N) is 3. The third-order valence-electron chi connectivity index (χ3n) is 6.07. The Morgan fingerprint density at radius 1 is 0.970 bits per heavy atom. The molecule has 0 unspecified atom stereocenters. The lowest BCUT2D eigenvalue weighted by atomic mass is 10.1. The zero-order chi connectivity index (χ0) is 22.8. The van der Waals surface area contributed by atoms with Crippen LogP contribution < -0.4 is 15.0 Å². The van der Waals surface area contributed by atoms with E-state index in [-0.39, 0.29) is 5.91 Å². The van der Waals surface area contributed by atoms with E-state index in [0.29, 0.717) is 17.1 Å². The standard InChI is InChI=1S/C26H27N5O2/c1-18-16-19(31-14-12-30(2)13-15-31)8-10-22(18)26(32)27-25-23-17-21(9-11-24(23)28-29-25)33-20-6-4-3-5-7-20/h3-11,16-17H,12-15H2,1-2H3,(H2,27,28,29,32). The van der Waals surface area contributed by atoms with Gasteiger partial charge in [0.05, 0.1) is 5.52 Å². The van der Waals surface area contributed by atoms with E-state index in [4.69, 9.17) is 4.74 Å². The summed E-state index contributed by atoms with van der Waals surface area (Å²) in [6.07, 6.45) is 0.